The molecule has 11 rings (SSSR count). The number of nitro groups is 2. The number of aryl methyl sites for hydroxylation is 4. The average Bonchev–Trinajstić information content (AvgIpc) is 1.61. The lowest BCUT2D eigenvalue weighted by atomic mass is 9.81. The van der Waals surface area contributed by atoms with Crippen LogP contribution in [0.3, 0.4) is 0 Å². The van der Waals surface area contributed by atoms with Crippen molar-refractivity contribution < 1.29 is 74.1 Å². The van der Waals surface area contributed by atoms with Crippen LogP contribution in [-0.2, 0) is 78.8 Å². The average molecular weight is 1550 g/mol. The number of rotatable bonds is 31. The molecule has 1 fully saturated rings. The van der Waals surface area contributed by atoms with Gasteiger partial charge in [-0.1, -0.05) is 124 Å². The second-order valence-corrected chi connectivity index (χ2v) is 33.8. The molecule has 6 aromatic carbocycles. The van der Waals surface area contributed by atoms with Crippen LogP contribution < -0.4 is 9.80 Å². The minimum atomic E-state index is -4.43. The van der Waals surface area contributed by atoms with Gasteiger partial charge in [0.25, 0.3) is 43.4 Å². The van der Waals surface area contributed by atoms with E-state index in [-0.39, 0.29) is 67.5 Å². The van der Waals surface area contributed by atoms with Gasteiger partial charge in [-0.3, -0.25) is 43.7 Å². The third kappa shape index (κ3) is 19.1. The molecule has 0 spiro atoms. The standard InChI is InChI=1S/C45H50N4O9S.C41H47N3O7S/c1-31-17-23-37-35(29-31)44(2,3)39(47(37)28-12-13-32-18-20-33(21-19-32)49(53)54)14-8-6-9-15-40-45(4,5)36-30-34(59(55,56)57)22-24-38(36)46(40)27-11-7-10-16-43(52)58-48-41(50)25-26-42(48)51;1-29-17-23-35-33(27-29)40(2,3)37(43(35)26-12-13-30-18-20-31(21-19-30)44(47)48)14-8-6-9-15-38-41(4,5)34-28-32(52(49,50)51)22-24-36(34)42(38)25-11-7-10-16-39(45)46/h6,8-9,14-15,17-24,29-30H,7,10-13,16,25-28H2,1-5H3;6,8-9,14-15,17-24,27-28H,7,10-13,16,25-26H2,1-5H3,(H-,45,46,49,50,51)/p+2. The summed E-state index contributed by atoms with van der Waals surface area (Å²) in [6, 6.07) is 35.9. The summed E-state index contributed by atoms with van der Waals surface area (Å²) in [7, 11) is -8.81. The van der Waals surface area contributed by atoms with E-state index >= 15 is 0 Å². The van der Waals surface area contributed by atoms with Crippen LogP contribution in [0.25, 0.3) is 0 Å². The van der Waals surface area contributed by atoms with Crippen LogP contribution in [-0.4, -0.2) is 116 Å². The molecule has 0 aliphatic carbocycles. The number of carboxylic acid groups (broad SMARTS) is 1. The molecule has 0 aromatic heterocycles. The first-order valence-electron chi connectivity index (χ1n) is 37.6. The molecular weight excluding hydrogens is 1450 g/mol. The van der Waals surface area contributed by atoms with Gasteiger partial charge in [0, 0.05) is 145 Å². The summed E-state index contributed by atoms with van der Waals surface area (Å²) in [5.74, 6) is -2.48. The van der Waals surface area contributed by atoms with Gasteiger partial charge in [0.15, 0.2) is 11.4 Å². The largest absolute Gasteiger partial charge is 0.481 e. The van der Waals surface area contributed by atoms with Gasteiger partial charge in [0.1, 0.15) is 13.1 Å². The normalized spacial score (nSPS) is 17.5. The van der Waals surface area contributed by atoms with Crippen molar-refractivity contribution in [3.63, 3.8) is 0 Å². The highest BCUT2D eigenvalue weighted by atomic mass is 32.2. The third-order valence-electron chi connectivity index (χ3n) is 21.6. The molecule has 0 radical (unpaired) electrons. The van der Waals surface area contributed by atoms with Crippen molar-refractivity contribution in [1.82, 2.24) is 5.06 Å². The fraction of sp³-hybridized carbons (Fsp3) is 0.372. The van der Waals surface area contributed by atoms with E-state index in [1.165, 1.54) is 51.8 Å². The number of amides is 2. The molecule has 0 saturated carbocycles. The molecule has 23 nitrogen and oxygen atoms in total. The molecule has 5 aliphatic heterocycles. The highest BCUT2D eigenvalue weighted by Gasteiger charge is 2.47. The molecule has 25 heteroatoms. The first-order valence-corrected chi connectivity index (χ1v) is 40.5. The lowest BCUT2D eigenvalue weighted by Gasteiger charge is -2.27. The van der Waals surface area contributed by atoms with E-state index < -0.39 is 54.8 Å². The number of unbranched alkanes of at least 4 members (excludes halogenated alkanes) is 4. The number of hydrogen-bond acceptors (Lipinski definition) is 15. The Labute approximate surface area is 649 Å². The molecule has 2 amide bonds. The molecule has 3 N–H and O–H groups in total. The number of hydroxylamine groups is 2. The first kappa shape index (κ1) is 82.9. The fourth-order valence-electron chi connectivity index (χ4n) is 15.6. The van der Waals surface area contributed by atoms with Crippen molar-refractivity contribution in [2.24, 2.45) is 0 Å². The second-order valence-electron chi connectivity index (χ2n) is 30.9. The molecule has 0 atom stereocenters. The second kappa shape index (κ2) is 34.3. The number of nitro benzene ring substituents is 2. The summed E-state index contributed by atoms with van der Waals surface area (Å²) >= 11 is 0. The number of hydrogen-bond donors (Lipinski definition) is 3. The molecule has 5 heterocycles. The minimum Gasteiger partial charge on any atom is -0.481 e. The van der Waals surface area contributed by atoms with Crippen molar-refractivity contribution in [1.29, 1.82) is 0 Å². The molecule has 584 valence electrons. The maximum Gasteiger partial charge on any atom is 0.333 e. The van der Waals surface area contributed by atoms with Crippen molar-refractivity contribution >= 4 is 89.5 Å². The Hall–Kier alpha value is -10.6. The van der Waals surface area contributed by atoms with E-state index in [4.69, 9.17) is 9.94 Å². The quantitative estimate of drug-likeness (QED) is 0.00692. The molecule has 0 unspecified atom stereocenters. The van der Waals surface area contributed by atoms with Crippen LogP contribution >= 0.6 is 0 Å². The Balaban J connectivity index is 0.000000238. The Morgan fingerprint density at radius 1 is 0.495 bits per heavy atom. The van der Waals surface area contributed by atoms with Crippen LogP contribution in [0.5, 0.6) is 0 Å². The third-order valence-corrected chi connectivity index (χ3v) is 23.3. The number of allylic oxidation sites excluding steroid dienone is 12. The Bertz CT molecular complexity index is 5120. The van der Waals surface area contributed by atoms with Crippen LogP contribution in [0.4, 0.5) is 34.1 Å². The van der Waals surface area contributed by atoms with Gasteiger partial charge in [-0.25, -0.2) is 4.79 Å². The van der Waals surface area contributed by atoms with Crippen molar-refractivity contribution in [3.8, 4) is 0 Å². The van der Waals surface area contributed by atoms with Gasteiger partial charge in [0.2, 0.25) is 11.4 Å². The van der Waals surface area contributed by atoms with Gasteiger partial charge in [-0.2, -0.15) is 26.0 Å². The van der Waals surface area contributed by atoms with E-state index in [1.54, 1.807) is 42.5 Å². The number of non-ortho nitro benzene ring substituents is 2. The van der Waals surface area contributed by atoms with E-state index in [0.717, 1.165) is 108 Å². The SMILES string of the molecule is Cc1ccc2c(c1)C(C)(C)C(=CC=CC=CC1=[N+](CCCCCC(=O)O)c3ccc(S(=O)(=O)O)cc3C1(C)C)N2CCCc1ccc([N+](=O)[O-])cc1.Cc1ccc2c(c1)C(C)(C)C(=CC=CC=CC1=[N+](CCCCCC(=O)ON3C(=O)CCC3=O)c3ccc(S(=O)(=O)O)cc3C1(C)C)N2CCCc1ccc([N+](=O)[O-])cc1. The fourth-order valence-corrected chi connectivity index (χ4v) is 16.6. The number of aliphatic carboxylic acids is 1. The number of carbonyl (C=O) groups excluding carboxylic acids is 3. The van der Waals surface area contributed by atoms with E-state index in [1.807, 2.05) is 101 Å². The topological polar surface area (TPSA) is 308 Å². The monoisotopic (exact) mass is 1550 g/mol. The van der Waals surface area contributed by atoms with Gasteiger partial charge in [-0.05, 0) is 164 Å². The Morgan fingerprint density at radius 3 is 1.27 bits per heavy atom. The predicted molar refractivity (Wildman–Crippen MR) is 429 cm³/mol. The lowest BCUT2D eigenvalue weighted by Crippen LogP contribution is -2.31. The molecule has 5 aliphatic rings. The van der Waals surface area contributed by atoms with Crippen molar-refractivity contribution in [2.75, 3.05) is 36.0 Å². The number of anilines is 2. The summed E-state index contributed by atoms with van der Waals surface area (Å²) in [6.45, 7) is 23.9. The van der Waals surface area contributed by atoms with Gasteiger partial charge in [-0.15, -0.1) is 5.06 Å². The predicted octanol–water partition coefficient (Wildman–Crippen LogP) is 16.7. The maximum atomic E-state index is 12.3. The molecule has 6 aromatic rings. The number of carboxylic acids is 1. The van der Waals surface area contributed by atoms with Crippen LogP contribution in [0.1, 0.15) is 177 Å². The lowest BCUT2D eigenvalue weighted by molar-refractivity contribution is -0.438. The van der Waals surface area contributed by atoms with E-state index in [0.29, 0.717) is 43.8 Å². The summed E-state index contributed by atoms with van der Waals surface area (Å²) in [4.78, 5) is 77.8. The van der Waals surface area contributed by atoms with Gasteiger partial charge < -0.3 is 19.7 Å². The molecule has 1 saturated heterocycles. The number of benzene rings is 6. The maximum absolute atomic E-state index is 12.3. The molecule has 0 bridgehead atoms. The summed E-state index contributed by atoms with van der Waals surface area (Å²) in [5.41, 5.74) is 15.3. The molecular formula is C86H99N7O16S2+2. The summed E-state index contributed by atoms with van der Waals surface area (Å²) in [6.07, 6.45) is 27.7. The Morgan fingerprint density at radius 2 is 0.892 bits per heavy atom. The number of nitrogens with zero attached hydrogens (tertiary/aromatic N) is 7. The zero-order valence-corrected chi connectivity index (χ0v) is 66.3. The zero-order chi connectivity index (χ0) is 80.5. The van der Waals surface area contributed by atoms with Crippen LogP contribution in [0.2, 0.25) is 0 Å². The smallest absolute Gasteiger partial charge is 0.333 e. The zero-order valence-electron chi connectivity index (χ0n) is 64.6. The van der Waals surface area contributed by atoms with Gasteiger partial charge in [0.05, 0.1) is 30.5 Å². The number of carbonyl (C=O) groups is 4. The van der Waals surface area contributed by atoms with Crippen molar-refractivity contribution in [3.05, 3.63) is 258 Å². The van der Waals surface area contributed by atoms with E-state index in [2.05, 4.69) is 109 Å². The number of imide groups is 1. The Kier molecular flexibility index (Phi) is 25.6. The molecule has 111 heavy (non-hydrogen) atoms. The number of fused-ring (bicyclic) bond motifs is 4. The van der Waals surface area contributed by atoms with Crippen molar-refractivity contribution in [2.45, 2.75) is 191 Å². The highest BCUT2D eigenvalue weighted by molar-refractivity contribution is 7.86. The highest BCUT2D eigenvalue weighted by Crippen LogP contribution is 2.50. The minimum absolute atomic E-state index is 0.0346. The summed E-state index contributed by atoms with van der Waals surface area (Å²) in [5, 5.41) is 31.8. The van der Waals surface area contributed by atoms with Crippen LogP contribution in [0, 0.1) is 34.1 Å². The first-order chi connectivity index (χ1) is 52.4. The van der Waals surface area contributed by atoms with E-state index in [9.17, 15) is 65.3 Å². The van der Waals surface area contributed by atoms with Crippen LogP contribution in [0.15, 0.2) is 203 Å². The van der Waals surface area contributed by atoms with Gasteiger partial charge >= 0.3 is 11.9 Å². The summed E-state index contributed by atoms with van der Waals surface area (Å²) < 4.78 is 72.2.